The lowest BCUT2D eigenvalue weighted by molar-refractivity contribution is -0.139. The van der Waals surface area contributed by atoms with E-state index >= 15 is 0 Å². The molecular weight excluding hydrogens is 280 g/mol. The Balaban J connectivity index is 3.17. The molecule has 0 fully saturated rings. The number of benzene rings is 1. The van der Waals surface area contributed by atoms with E-state index in [4.69, 9.17) is 5.11 Å². The third-order valence-electron chi connectivity index (χ3n) is 3.15. The van der Waals surface area contributed by atoms with E-state index < -0.39 is 20.6 Å². The van der Waals surface area contributed by atoms with Gasteiger partial charge >= 0.3 is 5.97 Å². The van der Waals surface area contributed by atoms with Crippen LogP contribution in [0.5, 0.6) is 0 Å². The third-order valence-corrected chi connectivity index (χ3v) is 5.56. The van der Waals surface area contributed by atoms with Crippen LogP contribution in [-0.4, -0.2) is 30.0 Å². The van der Waals surface area contributed by atoms with Gasteiger partial charge in [-0.25, -0.2) is 8.42 Å². The Morgan fingerprint density at radius 3 is 2.05 bits per heavy atom. The van der Waals surface area contributed by atoms with E-state index in [0.717, 1.165) is 13.8 Å². The van der Waals surface area contributed by atoms with Gasteiger partial charge < -0.3 is 5.11 Å². The molecule has 6 heteroatoms. The van der Waals surface area contributed by atoms with E-state index in [1.807, 2.05) is 6.92 Å². The van der Waals surface area contributed by atoms with Gasteiger partial charge in [0.2, 0.25) is 0 Å². The number of carboxylic acid groups (broad SMARTS) is 1. The predicted octanol–water partition coefficient (Wildman–Crippen LogP) is 2.31. The van der Waals surface area contributed by atoms with E-state index in [1.54, 1.807) is 0 Å². The molecule has 20 heavy (non-hydrogen) atoms. The first-order chi connectivity index (χ1) is 9.14. The first kappa shape index (κ1) is 16.4. The van der Waals surface area contributed by atoms with Crippen LogP contribution in [0.2, 0.25) is 0 Å². The van der Waals surface area contributed by atoms with Crippen molar-refractivity contribution in [2.24, 2.45) is 0 Å². The number of Topliss-reactive ketones (excluding diaryl/α,β-unsaturated/α-hetero) is 1. The van der Waals surface area contributed by atoms with E-state index in [-0.39, 0.29) is 10.7 Å². The maximum absolute atomic E-state index is 12.2. The molecule has 110 valence electrons. The minimum absolute atomic E-state index is 0.0612. The van der Waals surface area contributed by atoms with Crippen LogP contribution in [0.15, 0.2) is 29.2 Å². The number of rotatable bonds is 6. The second kappa shape index (κ2) is 5.75. The van der Waals surface area contributed by atoms with Crippen LogP contribution in [0, 0.1) is 0 Å². The van der Waals surface area contributed by atoms with Gasteiger partial charge in [0.15, 0.2) is 20.4 Å². The molecule has 0 radical (unpaired) electrons. The maximum atomic E-state index is 12.2. The van der Waals surface area contributed by atoms with Gasteiger partial charge in [-0.3, -0.25) is 9.59 Å². The first-order valence-corrected chi connectivity index (χ1v) is 7.74. The number of ketones is 1. The van der Waals surface area contributed by atoms with Crippen molar-refractivity contribution in [3.8, 4) is 0 Å². The van der Waals surface area contributed by atoms with Crippen LogP contribution < -0.4 is 0 Å². The first-order valence-electron chi connectivity index (χ1n) is 6.26. The zero-order valence-electron chi connectivity index (χ0n) is 11.7. The van der Waals surface area contributed by atoms with Crippen molar-refractivity contribution in [2.45, 2.75) is 43.3 Å². The predicted molar refractivity (Wildman–Crippen MR) is 74.6 cm³/mol. The zero-order valence-corrected chi connectivity index (χ0v) is 12.5. The van der Waals surface area contributed by atoms with E-state index in [1.165, 1.54) is 24.3 Å². The molecule has 1 N–H and O–H groups in total. The summed E-state index contributed by atoms with van der Waals surface area (Å²) in [6.45, 7) is 4.16. The number of aliphatic carboxylic acids is 1. The minimum atomic E-state index is -4.00. The quantitative estimate of drug-likeness (QED) is 0.814. The molecule has 0 aliphatic heterocycles. The minimum Gasteiger partial charge on any atom is -0.480 e. The average molecular weight is 298 g/mol. The lowest BCUT2D eigenvalue weighted by Gasteiger charge is -2.19. The van der Waals surface area contributed by atoms with E-state index in [0.29, 0.717) is 18.4 Å². The highest BCUT2D eigenvalue weighted by Crippen LogP contribution is 2.26. The Bertz CT molecular complexity index is 611. The Kier molecular flexibility index (Phi) is 4.70. The molecule has 0 atom stereocenters. The summed E-state index contributed by atoms with van der Waals surface area (Å²) >= 11 is 0. The third kappa shape index (κ3) is 2.90. The van der Waals surface area contributed by atoms with Gasteiger partial charge in [0, 0.05) is 12.0 Å². The van der Waals surface area contributed by atoms with Gasteiger partial charge in [0.05, 0.1) is 4.90 Å². The molecule has 0 spiro atoms. The summed E-state index contributed by atoms with van der Waals surface area (Å²) in [6, 6.07) is 5.40. The molecule has 0 aromatic heterocycles. The van der Waals surface area contributed by atoms with Crippen LogP contribution in [0.3, 0.4) is 0 Å². The summed E-state index contributed by atoms with van der Waals surface area (Å²) in [4.78, 5) is 22.6. The molecule has 0 aliphatic carbocycles. The van der Waals surface area contributed by atoms with Crippen molar-refractivity contribution in [3.05, 3.63) is 29.8 Å². The molecule has 0 unspecified atom stereocenters. The van der Waals surface area contributed by atoms with Crippen LogP contribution in [0.25, 0.3) is 0 Å². The van der Waals surface area contributed by atoms with Crippen LogP contribution >= 0.6 is 0 Å². The number of carboxylic acids is 1. The van der Waals surface area contributed by atoms with Gasteiger partial charge in [-0.2, -0.15) is 0 Å². The highest BCUT2D eigenvalue weighted by molar-refractivity contribution is 7.93. The number of hydrogen-bond donors (Lipinski definition) is 1. The molecule has 1 rings (SSSR count). The summed E-state index contributed by atoms with van der Waals surface area (Å²) in [5.41, 5.74) is 0.430. The molecule has 1 aromatic carbocycles. The molecule has 0 aliphatic rings. The van der Waals surface area contributed by atoms with Gasteiger partial charge in [0.25, 0.3) is 0 Å². The fourth-order valence-electron chi connectivity index (χ4n) is 1.60. The molecule has 1 aromatic rings. The molecular formula is C14H18O5S. The Hall–Kier alpha value is -1.69. The molecule has 0 heterocycles. The second-order valence-electron chi connectivity index (χ2n) is 5.02. The summed E-state index contributed by atoms with van der Waals surface area (Å²) < 4.78 is 22.6. The Labute approximate surface area is 118 Å². The summed E-state index contributed by atoms with van der Waals surface area (Å²) in [5.74, 6) is -1.47. The standard InChI is InChI=1S/C14H18O5S/c1-4-5-12(15)10-6-8-11(9-7-10)20(18,19)14(2,3)13(16)17/h6-9H,4-5H2,1-3H3,(H,16,17). The highest BCUT2D eigenvalue weighted by atomic mass is 32.2. The van der Waals surface area contributed by atoms with Crippen LogP contribution in [0.4, 0.5) is 0 Å². The average Bonchev–Trinajstić information content (AvgIpc) is 2.38. The summed E-state index contributed by atoms with van der Waals surface area (Å²) in [7, 11) is -4.00. The molecule has 0 amide bonds. The SMILES string of the molecule is CCCC(=O)c1ccc(S(=O)(=O)C(C)(C)C(=O)O)cc1. The molecule has 5 nitrogen and oxygen atoms in total. The Morgan fingerprint density at radius 2 is 1.65 bits per heavy atom. The van der Waals surface area contributed by atoms with Crippen molar-refractivity contribution in [1.82, 2.24) is 0 Å². The fourth-order valence-corrected chi connectivity index (χ4v) is 2.91. The highest BCUT2D eigenvalue weighted by Gasteiger charge is 2.42. The molecule has 0 bridgehead atoms. The van der Waals surface area contributed by atoms with Gasteiger partial charge in [0.1, 0.15) is 0 Å². The van der Waals surface area contributed by atoms with Gasteiger partial charge in [-0.15, -0.1) is 0 Å². The summed E-state index contributed by atoms with van der Waals surface area (Å²) in [6.07, 6.45) is 1.11. The Morgan fingerprint density at radius 1 is 1.15 bits per heavy atom. The molecule has 0 saturated heterocycles. The number of sulfone groups is 1. The largest absolute Gasteiger partial charge is 0.480 e. The summed E-state index contributed by atoms with van der Waals surface area (Å²) in [5, 5.41) is 9.02. The monoisotopic (exact) mass is 298 g/mol. The van der Waals surface area contributed by atoms with Crippen molar-refractivity contribution < 1.29 is 23.1 Å². The van der Waals surface area contributed by atoms with Crippen LogP contribution in [-0.2, 0) is 14.6 Å². The van der Waals surface area contributed by atoms with Crippen molar-refractivity contribution in [3.63, 3.8) is 0 Å². The van der Waals surface area contributed by atoms with Crippen LogP contribution in [0.1, 0.15) is 44.0 Å². The second-order valence-corrected chi connectivity index (χ2v) is 7.52. The van der Waals surface area contributed by atoms with E-state index in [9.17, 15) is 18.0 Å². The fraction of sp³-hybridized carbons (Fsp3) is 0.429. The van der Waals surface area contributed by atoms with Gasteiger partial charge in [-0.05, 0) is 32.4 Å². The number of carbonyl (C=O) groups is 2. The normalized spacial score (nSPS) is 12.2. The lowest BCUT2D eigenvalue weighted by Crippen LogP contribution is -2.40. The van der Waals surface area contributed by atoms with E-state index in [2.05, 4.69) is 0 Å². The maximum Gasteiger partial charge on any atom is 0.324 e. The zero-order chi connectivity index (χ0) is 15.6. The topological polar surface area (TPSA) is 88.5 Å². The van der Waals surface area contributed by atoms with Gasteiger partial charge in [-0.1, -0.05) is 19.1 Å². The van der Waals surface area contributed by atoms with Crippen molar-refractivity contribution in [2.75, 3.05) is 0 Å². The number of carbonyl (C=O) groups excluding carboxylic acids is 1. The van der Waals surface area contributed by atoms with Crippen molar-refractivity contribution >= 4 is 21.6 Å². The molecule has 0 saturated carbocycles. The number of hydrogen-bond acceptors (Lipinski definition) is 4. The smallest absolute Gasteiger partial charge is 0.324 e. The van der Waals surface area contributed by atoms with Crippen molar-refractivity contribution in [1.29, 1.82) is 0 Å². The lowest BCUT2D eigenvalue weighted by atomic mass is 10.1.